The summed E-state index contributed by atoms with van der Waals surface area (Å²) in [5, 5.41) is 0. The summed E-state index contributed by atoms with van der Waals surface area (Å²) in [7, 11) is 0. The number of ether oxygens (including phenoxy) is 6. The summed E-state index contributed by atoms with van der Waals surface area (Å²) in [6, 6.07) is 6.51. The maximum absolute atomic E-state index is 13.2. The second-order valence-electron chi connectivity index (χ2n) is 18.3. The Morgan fingerprint density at radius 1 is 0.630 bits per heavy atom. The van der Waals surface area contributed by atoms with Crippen LogP contribution < -0.4 is 0 Å². The van der Waals surface area contributed by atoms with Crippen molar-refractivity contribution < 1.29 is 57.6 Å². The second-order valence-corrected chi connectivity index (χ2v) is 18.3. The van der Waals surface area contributed by atoms with Crippen LogP contribution in [0.3, 0.4) is 0 Å². The number of hydrogen-bond donors (Lipinski definition) is 0. The predicted octanol–water partition coefficient (Wildman–Crippen LogP) is 7.28. The normalized spacial score (nSPS) is 48.9. The van der Waals surface area contributed by atoms with E-state index in [4.69, 9.17) is 48.0 Å². The first-order chi connectivity index (χ1) is 25.9. The Kier molecular flexibility index (Phi) is 9.53. The van der Waals surface area contributed by atoms with Crippen molar-refractivity contribution in [3.05, 3.63) is 35.4 Å². The maximum Gasteiger partial charge on any atom is 0.338 e. The van der Waals surface area contributed by atoms with Gasteiger partial charge in [0.05, 0.1) is 36.5 Å². The second kappa shape index (κ2) is 13.7. The maximum atomic E-state index is 13.2. The van der Waals surface area contributed by atoms with Crippen LogP contribution >= 0.6 is 0 Å². The lowest BCUT2D eigenvalue weighted by Crippen LogP contribution is -2.70. The first-order valence-electron chi connectivity index (χ1n) is 20.7. The Morgan fingerprint density at radius 3 is 1.52 bits per heavy atom. The van der Waals surface area contributed by atoms with Crippen LogP contribution in [-0.4, -0.2) is 72.7 Å². The number of esters is 2. The van der Waals surface area contributed by atoms with Crippen molar-refractivity contribution in [2.75, 3.05) is 13.2 Å². The van der Waals surface area contributed by atoms with Gasteiger partial charge in [0.25, 0.3) is 0 Å². The lowest BCUT2D eigenvalue weighted by molar-refractivity contribution is -0.571. The van der Waals surface area contributed by atoms with Crippen LogP contribution in [0.25, 0.3) is 0 Å². The molecule has 16 atom stereocenters. The molecule has 12 heteroatoms. The molecule has 10 aliphatic rings. The number of benzene rings is 1. The number of hydrogen-bond acceptors (Lipinski definition) is 12. The largest absolute Gasteiger partial charge is 0.462 e. The highest BCUT2D eigenvalue weighted by atomic mass is 17.3. The van der Waals surface area contributed by atoms with Gasteiger partial charge in [-0.3, -0.25) is 0 Å². The van der Waals surface area contributed by atoms with Crippen LogP contribution in [0.1, 0.15) is 126 Å². The Morgan fingerprint density at radius 2 is 1.07 bits per heavy atom. The summed E-state index contributed by atoms with van der Waals surface area (Å²) in [6.07, 6.45) is 7.39. The standard InChI is InChI=1S/C42H58O12/c1-23-10-12-31-25(3)33(47-37-41(31)29(23)14-18-39(5,49-37)51-53-41)16-20-45-35(43)27-8-7-9-28(22-27)36(44)46-21-17-34-26(4)32-13-11-24(2)30-15-19-40(6)50-38(48-34)42(30,32)54-52-40/h7-9,22-26,29-34,37-38H,10-21H2,1-6H3/t23-,24-,25-,26-,29+,30+,31+,32+,33-,34-,37-,38-,39+,40+,41-,42-/m1/s1. The highest BCUT2D eigenvalue weighted by Crippen LogP contribution is 2.62. The minimum absolute atomic E-state index is 0.162. The molecule has 0 amide bonds. The summed E-state index contributed by atoms with van der Waals surface area (Å²) in [4.78, 5) is 50.8. The van der Waals surface area contributed by atoms with Gasteiger partial charge >= 0.3 is 11.9 Å². The Hall–Kier alpha value is -2.16. The van der Waals surface area contributed by atoms with Gasteiger partial charge in [-0.2, -0.15) is 0 Å². The lowest BCUT2D eigenvalue weighted by atomic mass is 9.57. The summed E-state index contributed by atoms with van der Waals surface area (Å²) in [5.74, 6) is -0.344. The summed E-state index contributed by atoms with van der Waals surface area (Å²) in [5.41, 5.74) is -0.660. The van der Waals surface area contributed by atoms with Crippen molar-refractivity contribution in [3.63, 3.8) is 0 Å². The van der Waals surface area contributed by atoms with E-state index in [1.165, 1.54) is 6.07 Å². The Labute approximate surface area is 318 Å². The molecule has 8 heterocycles. The number of fused-ring (bicyclic) bond motifs is 4. The van der Waals surface area contributed by atoms with Gasteiger partial charge in [0, 0.05) is 37.5 Å². The van der Waals surface area contributed by atoms with Crippen molar-refractivity contribution in [2.45, 2.75) is 153 Å². The first-order valence-corrected chi connectivity index (χ1v) is 20.7. The average molecular weight is 755 g/mol. The fourth-order valence-corrected chi connectivity index (χ4v) is 12.1. The van der Waals surface area contributed by atoms with Crippen LogP contribution in [0.4, 0.5) is 0 Å². The highest BCUT2D eigenvalue weighted by Gasteiger charge is 2.70. The van der Waals surface area contributed by atoms with E-state index in [0.717, 1.165) is 51.4 Å². The zero-order valence-corrected chi connectivity index (χ0v) is 32.6. The van der Waals surface area contributed by atoms with E-state index in [9.17, 15) is 9.59 Å². The third-order valence-corrected chi connectivity index (χ3v) is 15.2. The number of carbonyl (C=O) groups is 2. The molecule has 2 spiro atoms. The molecule has 2 aliphatic carbocycles. The molecule has 2 saturated carbocycles. The van der Waals surface area contributed by atoms with Crippen molar-refractivity contribution in [3.8, 4) is 0 Å². The van der Waals surface area contributed by atoms with Crippen LogP contribution in [0.15, 0.2) is 24.3 Å². The van der Waals surface area contributed by atoms with E-state index in [1.807, 2.05) is 13.8 Å². The topological polar surface area (TPSA) is 126 Å². The molecule has 12 nitrogen and oxygen atoms in total. The van der Waals surface area contributed by atoms with Crippen molar-refractivity contribution in [1.82, 2.24) is 0 Å². The predicted molar refractivity (Wildman–Crippen MR) is 190 cm³/mol. The molecule has 0 radical (unpaired) electrons. The highest BCUT2D eigenvalue weighted by molar-refractivity contribution is 5.95. The molecular weight excluding hydrogens is 696 g/mol. The molecular formula is C42H58O12. The van der Waals surface area contributed by atoms with Crippen molar-refractivity contribution in [1.29, 1.82) is 0 Å². The van der Waals surface area contributed by atoms with E-state index in [-0.39, 0.29) is 49.1 Å². The van der Waals surface area contributed by atoms with Gasteiger partial charge in [0.15, 0.2) is 23.8 Å². The molecule has 0 aromatic heterocycles. The molecule has 11 rings (SSSR count). The van der Waals surface area contributed by atoms with Gasteiger partial charge in [-0.05, 0) is 106 Å². The van der Waals surface area contributed by atoms with Crippen LogP contribution in [0.5, 0.6) is 0 Å². The van der Waals surface area contributed by atoms with Gasteiger partial charge < -0.3 is 28.4 Å². The van der Waals surface area contributed by atoms with Crippen molar-refractivity contribution in [2.24, 2.45) is 47.3 Å². The lowest BCUT2D eigenvalue weighted by Gasteiger charge is -2.60. The minimum atomic E-state index is -0.835. The van der Waals surface area contributed by atoms with E-state index in [1.54, 1.807) is 18.2 Å². The van der Waals surface area contributed by atoms with Gasteiger partial charge in [-0.15, -0.1) is 0 Å². The number of carbonyl (C=O) groups excluding carboxylic acids is 2. The number of rotatable bonds is 8. The Bertz CT molecular complexity index is 1490. The molecule has 8 saturated heterocycles. The molecule has 10 fully saturated rings. The van der Waals surface area contributed by atoms with Crippen LogP contribution in [-0.2, 0) is 48.0 Å². The smallest absolute Gasteiger partial charge is 0.338 e. The van der Waals surface area contributed by atoms with Gasteiger partial charge in [0.2, 0.25) is 11.6 Å². The van der Waals surface area contributed by atoms with E-state index < -0.39 is 47.3 Å². The Balaban J connectivity index is 0.789. The monoisotopic (exact) mass is 754 g/mol. The quantitative estimate of drug-likeness (QED) is 0.196. The minimum Gasteiger partial charge on any atom is -0.462 e. The van der Waals surface area contributed by atoms with Crippen LogP contribution in [0, 0.1) is 47.3 Å². The fourth-order valence-electron chi connectivity index (χ4n) is 12.1. The van der Waals surface area contributed by atoms with Gasteiger partial charge in [-0.25, -0.2) is 29.1 Å². The van der Waals surface area contributed by atoms with Crippen LogP contribution in [0.2, 0.25) is 0 Å². The van der Waals surface area contributed by atoms with Gasteiger partial charge in [0.1, 0.15) is 0 Å². The molecule has 298 valence electrons. The van der Waals surface area contributed by atoms with E-state index >= 15 is 0 Å². The first kappa shape index (κ1) is 37.4. The summed E-state index contributed by atoms with van der Waals surface area (Å²) < 4.78 is 37.7. The summed E-state index contributed by atoms with van der Waals surface area (Å²) in [6.45, 7) is 13.2. The molecule has 1 aromatic carbocycles. The van der Waals surface area contributed by atoms with E-state index in [0.29, 0.717) is 47.6 Å². The third-order valence-electron chi connectivity index (χ3n) is 15.2. The molecule has 54 heavy (non-hydrogen) atoms. The van der Waals surface area contributed by atoms with Gasteiger partial charge in [-0.1, -0.05) is 33.8 Å². The molecule has 0 unspecified atom stereocenters. The third kappa shape index (κ3) is 5.91. The zero-order valence-electron chi connectivity index (χ0n) is 32.6. The summed E-state index contributed by atoms with van der Waals surface area (Å²) >= 11 is 0. The molecule has 8 aliphatic heterocycles. The zero-order chi connectivity index (χ0) is 37.6. The fraction of sp³-hybridized carbons (Fsp3) is 0.810. The molecule has 0 N–H and O–H groups in total. The van der Waals surface area contributed by atoms with Crippen molar-refractivity contribution >= 4 is 11.9 Å². The van der Waals surface area contributed by atoms with E-state index in [2.05, 4.69) is 27.7 Å². The SMILES string of the molecule is C[C@H]1[C@@H](CCOC(=O)c2cccc(C(=O)OCC[C@H]3O[C@@H]4O[C@]5(C)CC[C@H]6[C@H](C)CC[C@@H]([C@H]3C)[C@@]46OO5)c2)O[C@@H]2O[C@]3(C)CC[C@H]4[C@H](C)CC[C@@H]1[C@@]24OO3. The molecule has 4 bridgehead atoms. The molecule has 1 aromatic rings. The average Bonchev–Trinajstić information content (AvgIpc) is 3.53.